The van der Waals surface area contributed by atoms with Gasteiger partial charge in [0.15, 0.2) is 0 Å². The molecule has 1 aliphatic carbocycles. The first-order valence-corrected chi connectivity index (χ1v) is 8.77. The minimum Gasteiger partial charge on any atom is -0.488 e. The summed E-state index contributed by atoms with van der Waals surface area (Å²) in [5, 5.41) is 7.60. The van der Waals surface area contributed by atoms with Crippen LogP contribution >= 0.6 is 0 Å². The fourth-order valence-electron chi connectivity index (χ4n) is 3.72. The average molecular weight is 325 g/mol. The van der Waals surface area contributed by atoms with Crippen molar-refractivity contribution in [2.75, 3.05) is 0 Å². The molecule has 1 N–H and O–H groups in total. The van der Waals surface area contributed by atoms with Gasteiger partial charge in [-0.15, -0.1) is 0 Å². The van der Waals surface area contributed by atoms with Gasteiger partial charge in [0.05, 0.1) is 11.9 Å². The van der Waals surface area contributed by atoms with E-state index in [1.54, 1.807) is 10.9 Å². The fourth-order valence-corrected chi connectivity index (χ4v) is 3.72. The molecule has 5 heteroatoms. The van der Waals surface area contributed by atoms with Crippen molar-refractivity contribution in [1.82, 2.24) is 15.1 Å². The number of benzene rings is 1. The Morgan fingerprint density at radius 3 is 2.92 bits per heavy atom. The van der Waals surface area contributed by atoms with Crippen LogP contribution < -0.4 is 10.1 Å². The van der Waals surface area contributed by atoms with E-state index in [-0.39, 0.29) is 12.5 Å². The van der Waals surface area contributed by atoms with E-state index in [1.807, 2.05) is 24.3 Å². The Bertz CT molecular complexity index is 745. The van der Waals surface area contributed by atoms with Crippen LogP contribution in [0.2, 0.25) is 0 Å². The zero-order chi connectivity index (χ0) is 16.5. The number of para-hydroxylation sites is 1. The average Bonchev–Trinajstić information content (AvgIpc) is 3.00. The summed E-state index contributed by atoms with van der Waals surface area (Å²) < 4.78 is 7.55. The van der Waals surface area contributed by atoms with Crippen LogP contribution in [0, 0.1) is 5.92 Å². The summed E-state index contributed by atoms with van der Waals surface area (Å²) in [6.45, 7) is 3.05. The molecule has 1 aliphatic heterocycles. The summed E-state index contributed by atoms with van der Waals surface area (Å²) in [4.78, 5) is 12.5. The molecule has 0 bridgehead atoms. The highest BCUT2D eigenvalue weighted by molar-refractivity contribution is 5.78. The number of ether oxygens (including phenoxy) is 1. The van der Waals surface area contributed by atoms with Crippen molar-refractivity contribution < 1.29 is 9.53 Å². The lowest BCUT2D eigenvalue weighted by molar-refractivity contribution is -0.122. The molecule has 5 nitrogen and oxygen atoms in total. The smallest absolute Gasteiger partial charge is 0.241 e. The Balaban J connectivity index is 1.49. The number of hydrogen-bond acceptors (Lipinski definition) is 3. The molecule has 1 aromatic carbocycles. The van der Waals surface area contributed by atoms with Gasteiger partial charge in [-0.1, -0.05) is 19.1 Å². The number of hydrogen-bond donors (Lipinski definition) is 1. The van der Waals surface area contributed by atoms with Gasteiger partial charge in [-0.25, -0.2) is 0 Å². The minimum absolute atomic E-state index is 0.0458. The van der Waals surface area contributed by atoms with Gasteiger partial charge in [0.1, 0.15) is 18.9 Å². The van der Waals surface area contributed by atoms with E-state index in [2.05, 4.69) is 17.3 Å². The molecule has 1 aromatic heterocycles. The van der Waals surface area contributed by atoms with E-state index in [0.717, 1.165) is 41.3 Å². The zero-order valence-corrected chi connectivity index (χ0v) is 14.0. The lowest BCUT2D eigenvalue weighted by Gasteiger charge is -2.27. The van der Waals surface area contributed by atoms with E-state index in [9.17, 15) is 4.79 Å². The summed E-state index contributed by atoms with van der Waals surface area (Å²) >= 11 is 0. The van der Waals surface area contributed by atoms with Crippen molar-refractivity contribution in [3.05, 3.63) is 36.0 Å². The summed E-state index contributed by atoms with van der Waals surface area (Å²) in [5.41, 5.74) is 3.05. The number of carbonyl (C=O) groups excluding carboxylic acids is 1. The summed E-state index contributed by atoms with van der Waals surface area (Å²) in [6, 6.07) is 8.24. The van der Waals surface area contributed by atoms with E-state index in [0.29, 0.717) is 12.6 Å². The summed E-state index contributed by atoms with van der Waals surface area (Å²) in [5.74, 6) is 1.69. The van der Waals surface area contributed by atoms with Crippen LogP contribution in [0.5, 0.6) is 5.75 Å². The monoisotopic (exact) mass is 325 g/mol. The first-order valence-electron chi connectivity index (χ1n) is 8.77. The zero-order valence-electron chi connectivity index (χ0n) is 14.0. The van der Waals surface area contributed by atoms with E-state index >= 15 is 0 Å². The van der Waals surface area contributed by atoms with Gasteiger partial charge in [0.2, 0.25) is 5.91 Å². The normalized spacial score (nSPS) is 22.2. The van der Waals surface area contributed by atoms with Gasteiger partial charge >= 0.3 is 0 Å². The van der Waals surface area contributed by atoms with Crippen LogP contribution in [-0.4, -0.2) is 21.7 Å². The third-order valence-electron chi connectivity index (χ3n) is 5.11. The highest BCUT2D eigenvalue weighted by Crippen LogP contribution is 2.37. The second-order valence-electron chi connectivity index (χ2n) is 6.99. The largest absolute Gasteiger partial charge is 0.488 e. The predicted molar refractivity (Wildman–Crippen MR) is 91.6 cm³/mol. The minimum atomic E-state index is 0.0458. The molecule has 0 saturated heterocycles. The lowest BCUT2D eigenvalue weighted by atomic mass is 9.87. The maximum Gasteiger partial charge on any atom is 0.241 e. The van der Waals surface area contributed by atoms with E-state index in [4.69, 9.17) is 4.74 Å². The Kier molecular flexibility index (Phi) is 4.00. The van der Waals surface area contributed by atoms with Crippen LogP contribution in [0.1, 0.15) is 38.2 Å². The Hall–Kier alpha value is -2.30. The Morgan fingerprint density at radius 1 is 1.29 bits per heavy atom. The molecule has 0 atom stereocenters. The molecular formula is C19H23N3O2. The van der Waals surface area contributed by atoms with Crippen molar-refractivity contribution in [3.8, 4) is 17.0 Å². The van der Waals surface area contributed by atoms with Crippen molar-refractivity contribution >= 4 is 5.91 Å². The van der Waals surface area contributed by atoms with Crippen molar-refractivity contribution in [3.63, 3.8) is 0 Å². The second kappa shape index (κ2) is 6.30. The molecule has 2 aliphatic rings. The van der Waals surface area contributed by atoms with Gasteiger partial charge in [0.25, 0.3) is 0 Å². The second-order valence-corrected chi connectivity index (χ2v) is 6.99. The van der Waals surface area contributed by atoms with Gasteiger partial charge in [-0.2, -0.15) is 5.10 Å². The highest BCUT2D eigenvalue weighted by atomic mass is 16.5. The van der Waals surface area contributed by atoms with Gasteiger partial charge in [-0.05, 0) is 43.7 Å². The molecule has 0 spiro atoms. The third-order valence-corrected chi connectivity index (χ3v) is 5.11. The first-order chi connectivity index (χ1) is 11.7. The molecule has 0 unspecified atom stereocenters. The fraction of sp³-hybridized carbons (Fsp3) is 0.474. The standard InChI is InChI=1S/C19H23N3O2/c1-13-6-8-15(9-7-13)21-18(23)11-22-19-14(10-20-22)12-24-17-5-3-2-4-16(17)19/h2-5,10,13,15H,6-9,11-12H2,1H3,(H,21,23). The number of rotatable bonds is 3. The molecule has 0 radical (unpaired) electrons. The SMILES string of the molecule is CC1CCC(NC(=O)Cn2ncc3c2-c2ccccc2OC3)CC1. The maximum atomic E-state index is 12.5. The number of amides is 1. The van der Waals surface area contributed by atoms with Gasteiger partial charge in [0, 0.05) is 17.2 Å². The Morgan fingerprint density at radius 2 is 2.08 bits per heavy atom. The van der Waals surface area contributed by atoms with Crippen molar-refractivity contribution in [1.29, 1.82) is 0 Å². The number of nitrogens with one attached hydrogen (secondary N) is 1. The van der Waals surface area contributed by atoms with Crippen LogP contribution in [0.4, 0.5) is 0 Å². The van der Waals surface area contributed by atoms with Crippen LogP contribution in [0.3, 0.4) is 0 Å². The van der Waals surface area contributed by atoms with Crippen molar-refractivity contribution in [2.24, 2.45) is 5.92 Å². The van der Waals surface area contributed by atoms with Gasteiger partial charge < -0.3 is 10.1 Å². The van der Waals surface area contributed by atoms with Crippen LogP contribution in [0.25, 0.3) is 11.3 Å². The number of fused-ring (bicyclic) bond motifs is 3. The number of nitrogens with zero attached hydrogens (tertiary/aromatic N) is 2. The predicted octanol–water partition coefficient (Wildman–Crippen LogP) is 3.14. The Labute approximate surface area is 142 Å². The van der Waals surface area contributed by atoms with Crippen LogP contribution in [-0.2, 0) is 17.9 Å². The molecule has 24 heavy (non-hydrogen) atoms. The highest BCUT2D eigenvalue weighted by Gasteiger charge is 2.24. The van der Waals surface area contributed by atoms with Gasteiger partial charge in [-0.3, -0.25) is 9.48 Å². The van der Waals surface area contributed by atoms with Crippen molar-refractivity contribution in [2.45, 2.75) is 51.8 Å². The molecule has 2 heterocycles. The lowest BCUT2D eigenvalue weighted by Crippen LogP contribution is -2.39. The third kappa shape index (κ3) is 2.90. The molecule has 126 valence electrons. The molecular weight excluding hydrogens is 302 g/mol. The molecule has 1 saturated carbocycles. The van der Waals surface area contributed by atoms with Crippen LogP contribution in [0.15, 0.2) is 30.5 Å². The quantitative estimate of drug-likeness (QED) is 0.943. The number of aromatic nitrogens is 2. The number of carbonyl (C=O) groups is 1. The molecule has 1 fully saturated rings. The summed E-state index contributed by atoms with van der Waals surface area (Å²) in [6.07, 6.45) is 6.38. The van der Waals surface area contributed by atoms with E-state index in [1.165, 1.54) is 12.8 Å². The first kappa shape index (κ1) is 15.2. The topological polar surface area (TPSA) is 56.2 Å². The molecule has 2 aromatic rings. The molecule has 1 amide bonds. The molecule has 4 rings (SSSR count). The van der Waals surface area contributed by atoms with E-state index < -0.39 is 0 Å². The summed E-state index contributed by atoms with van der Waals surface area (Å²) in [7, 11) is 0. The maximum absolute atomic E-state index is 12.5.